The first-order chi connectivity index (χ1) is 17.7. The highest BCUT2D eigenvalue weighted by molar-refractivity contribution is 7.90. The molecule has 2 saturated carbocycles. The van der Waals surface area contributed by atoms with Gasteiger partial charge in [-0.25, -0.2) is 8.42 Å². The molecule has 3 fully saturated rings. The molecule has 3 N–H and O–H groups in total. The van der Waals surface area contributed by atoms with Gasteiger partial charge in [0.25, 0.3) is 0 Å². The normalized spacial score (nSPS) is 28.1. The second-order valence-electron chi connectivity index (χ2n) is 13.7. The van der Waals surface area contributed by atoms with Gasteiger partial charge in [-0.2, -0.15) is 0 Å². The van der Waals surface area contributed by atoms with Crippen LogP contribution in [0.1, 0.15) is 98.3 Å². The number of fused-ring (bicyclic) bond motifs is 1. The molecule has 220 valence electrons. The predicted molar refractivity (Wildman–Crippen MR) is 151 cm³/mol. The number of β-amino-alcohol motifs (C(OH)–C–C–N with tert-alkyl or cyclic N) is 1. The van der Waals surface area contributed by atoms with Gasteiger partial charge in [-0.3, -0.25) is 14.5 Å². The number of amides is 2. The molecule has 2 amide bonds. The van der Waals surface area contributed by atoms with E-state index in [9.17, 15) is 23.1 Å². The maximum absolute atomic E-state index is 13.4. The number of likely N-dealkylation sites (tertiary alicyclic amines) is 1. The number of hydrogen-bond acceptors (Lipinski definition) is 6. The fraction of sp³-hybridized carbons (Fsp3) is 0.931. The van der Waals surface area contributed by atoms with E-state index in [2.05, 4.69) is 15.5 Å². The number of nitrogens with zero attached hydrogens (tertiary/aromatic N) is 1. The molecule has 0 unspecified atom stereocenters. The van der Waals surface area contributed by atoms with Crippen LogP contribution in [0.4, 0.5) is 0 Å². The van der Waals surface area contributed by atoms with Crippen LogP contribution in [0.15, 0.2) is 0 Å². The van der Waals surface area contributed by atoms with E-state index >= 15 is 0 Å². The van der Waals surface area contributed by atoms with E-state index in [1.54, 1.807) is 6.92 Å². The summed E-state index contributed by atoms with van der Waals surface area (Å²) in [5.41, 5.74) is -0.335. The molecule has 0 aromatic heterocycles. The Labute approximate surface area is 231 Å². The highest BCUT2D eigenvalue weighted by atomic mass is 32.2. The van der Waals surface area contributed by atoms with Gasteiger partial charge in [0.1, 0.15) is 9.84 Å². The lowest BCUT2D eigenvalue weighted by molar-refractivity contribution is -0.133. The van der Waals surface area contributed by atoms with Crippen molar-refractivity contribution < 1.29 is 23.1 Å². The van der Waals surface area contributed by atoms with Crippen molar-refractivity contribution in [3.8, 4) is 0 Å². The molecule has 0 bridgehead atoms. The fourth-order valence-corrected chi connectivity index (χ4v) is 8.00. The van der Waals surface area contributed by atoms with E-state index < -0.39 is 27.9 Å². The maximum Gasteiger partial charge on any atom is 0.237 e. The zero-order chi connectivity index (χ0) is 28.1. The van der Waals surface area contributed by atoms with E-state index in [0.717, 1.165) is 51.3 Å². The van der Waals surface area contributed by atoms with Crippen LogP contribution in [0, 0.1) is 23.7 Å². The van der Waals surface area contributed by atoms with E-state index in [1.165, 1.54) is 25.7 Å². The largest absolute Gasteiger partial charge is 0.390 e. The zero-order valence-electron chi connectivity index (χ0n) is 24.4. The fourth-order valence-electron chi connectivity index (χ4n) is 6.94. The molecule has 1 saturated heterocycles. The third kappa shape index (κ3) is 9.77. The Kier molecular flexibility index (Phi) is 11.1. The Morgan fingerprint density at radius 1 is 1.00 bits per heavy atom. The van der Waals surface area contributed by atoms with E-state index in [1.807, 2.05) is 20.8 Å². The minimum Gasteiger partial charge on any atom is -0.390 e. The van der Waals surface area contributed by atoms with Gasteiger partial charge in [0.2, 0.25) is 11.8 Å². The molecule has 9 heteroatoms. The van der Waals surface area contributed by atoms with Gasteiger partial charge in [0.05, 0.1) is 23.9 Å². The number of sulfone groups is 1. The van der Waals surface area contributed by atoms with Gasteiger partial charge in [-0.1, -0.05) is 58.3 Å². The molecule has 0 aromatic rings. The van der Waals surface area contributed by atoms with Gasteiger partial charge < -0.3 is 15.7 Å². The van der Waals surface area contributed by atoms with Crippen LogP contribution in [0.2, 0.25) is 0 Å². The number of nitrogens with one attached hydrogen (secondary N) is 2. The molecule has 0 spiro atoms. The minimum atomic E-state index is -3.29. The minimum absolute atomic E-state index is 0.0170. The van der Waals surface area contributed by atoms with Gasteiger partial charge in [-0.05, 0) is 57.8 Å². The smallest absolute Gasteiger partial charge is 0.237 e. The molecular weight excluding hydrogens is 502 g/mol. The number of aliphatic hydroxyl groups excluding tert-OH is 1. The van der Waals surface area contributed by atoms with Gasteiger partial charge in [0, 0.05) is 30.8 Å². The summed E-state index contributed by atoms with van der Waals surface area (Å²) in [6, 6.07) is -0.763. The summed E-state index contributed by atoms with van der Waals surface area (Å²) in [6.45, 7) is 8.71. The number of aliphatic hydroxyl groups is 1. The molecule has 3 aliphatic rings. The lowest BCUT2D eigenvalue weighted by atomic mass is 9.72. The molecule has 6 atom stereocenters. The van der Waals surface area contributed by atoms with E-state index in [4.69, 9.17) is 0 Å². The van der Waals surface area contributed by atoms with Crippen LogP contribution < -0.4 is 10.6 Å². The van der Waals surface area contributed by atoms with Crippen molar-refractivity contribution in [1.29, 1.82) is 0 Å². The van der Waals surface area contributed by atoms with Crippen molar-refractivity contribution in [3.05, 3.63) is 0 Å². The first-order valence-corrected chi connectivity index (χ1v) is 17.0. The Balaban J connectivity index is 1.76. The van der Waals surface area contributed by atoms with Crippen LogP contribution in [-0.4, -0.2) is 79.1 Å². The summed E-state index contributed by atoms with van der Waals surface area (Å²) >= 11 is 0. The maximum atomic E-state index is 13.4. The third-order valence-electron chi connectivity index (χ3n) is 8.83. The third-order valence-corrected chi connectivity index (χ3v) is 9.93. The van der Waals surface area contributed by atoms with Crippen LogP contribution in [0.5, 0.6) is 0 Å². The summed E-state index contributed by atoms with van der Waals surface area (Å²) in [5, 5.41) is 17.8. The lowest BCUT2D eigenvalue weighted by Gasteiger charge is -2.47. The lowest BCUT2D eigenvalue weighted by Crippen LogP contribution is -2.60. The van der Waals surface area contributed by atoms with Crippen molar-refractivity contribution in [3.63, 3.8) is 0 Å². The molecule has 1 aliphatic heterocycles. The van der Waals surface area contributed by atoms with Crippen molar-refractivity contribution in [2.45, 2.75) is 122 Å². The Morgan fingerprint density at radius 3 is 2.21 bits per heavy atom. The summed E-state index contributed by atoms with van der Waals surface area (Å²) in [7, 11) is -3.29. The first kappa shape index (κ1) is 31.3. The molecule has 2 aliphatic carbocycles. The average Bonchev–Trinajstić information content (AvgIpc) is 2.81. The molecule has 3 rings (SSSR count). The highest BCUT2D eigenvalue weighted by Gasteiger charge is 2.42. The van der Waals surface area contributed by atoms with Gasteiger partial charge in [-0.15, -0.1) is 0 Å². The Bertz CT molecular complexity index is 896. The molecule has 0 radical (unpaired) electrons. The Morgan fingerprint density at radius 2 is 1.61 bits per heavy atom. The van der Waals surface area contributed by atoms with Gasteiger partial charge >= 0.3 is 0 Å². The number of rotatable bonds is 10. The summed E-state index contributed by atoms with van der Waals surface area (Å²) < 4.78 is 23.6. The van der Waals surface area contributed by atoms with Crippen molar-refractivity contribution in [1.82, 2.24) is 15.5 Å². The Hall–Kier alpha value is -1.19. The summed E-state index contributed by atoms with van der Waals surface area (Å²) in [5.74, 6) is 0.298. The quantitative estimate of drug-likeness (QED) is 0.381. The number of carbonyl (C=O) groups is 2. The molecular formula is C29H53N3O5S. The molecule has 38 heavy (non-hydrogen) atoms. The second kappa shape index (κ2) is 13.4. The SMILES string of the molecule is C[C@H](CS(C)(=O)=O)C(=O)N[C@@H](CC1CCCCC1)[C@H](O)CN1C[C@H]2CCCC[C@H]2C[C@H]1C(=O)NC(C)(C)C. The van der Waals surface area contributed by atoms with Crippen LogP contribution in [0.25, 0.3) is 0 Å². The molecule has 8 nitrogen and oxygen atoms in total. The van der Waals surface area contributed by atoms with Crippen LogP contribution in [-0.2, 0) is 19.4 Å². The van der Waals surface area contributed by atoms with Crippen LogP contribution >= 0.6 is 0 Å². The molecule has 1 heterocycles. The van der Waals surface area contributed by atoms with E-state index in [0.29, 0.717) is 30.7 Å². The molecule has 0 aromatic carbocycles. The number of hydrogen-bond donors (Lipinski definition) is 3. The highest BCUT2D eigenvalue weighted by Crippen LogP contribution is 2.39. The predicted octanol–water partition coefficient (Wildman–Crippen LogP) is 3.28. The summed E-state index contributed by atoms with van der Waals surface area (Å²) in [4.78, 5) is 28.6. The van der Waals surface area contributed by atoms with Gasteiger partial charge in [0.15, 0.2) is 0 Å². The number of piperidine rings is 1. The first-order valence-electron chi connectivity index (χ1n) is 14.9. The number of carbonyl (C=O) groups excluding carboxylic acids is 2. The monoisotopic (exact) mass is 555 g/mol. The standard InChI is InChI=1S/C29H53N3O5S/c1-20(19-38(5,36)37)27(34)30-24(15-21-11-7-6-8-12-21)26(33)18-32-17-23-14-10-9-13-22(23)16-25(32)28(35)31-29(2,3)4/h20-26,33H,6-19H2,1-5H3,(H,30,34)(H,31,35)/t20-,22+,23-,24+,25+,26-/m1/s1. The zero-order valence-corrected chi connectivity index (χ0v) is 25.2. The van der Waals surface area contributed by atoms with Crippen LogP contribution in [0.3, 0.4) is 0 Å². The van der Waals surface area contributed by atoms with Crippen molar-refractivity contribution >= 4 is 21.7 Å². The van der Waals surface area contributed by atoms with Crippen molar-refractivity contribution in [2.24, 2.45) is 23.7 Å². The average molecular weight is 556 g/mol. The van der Waals surface area contributed by atoms with E-state index in [-0.39, 0.29) is 29.1 Å². The second-order valence-corrected chi connectivity index (χ2v) is 15.8. The van der Waals surface area contributed by atoms with Crippen molar-refractivity contribution in [2.75, 3.05) is 25.1 Å². The topological polar surface area (TPSA) is 116 Å². The summed E-state index contributed by atoms with van der Waals surface area (Å²) in [6.07, 6.45) is 12.3.